The standard InChI is InChI=1S/C13H19N3O4S.ClH/c1-10-3-4-11(16(17)18)7-12(10)21(19,20)15-6-5-13(2,8-14)9-15;/h3-4,7H,5-6,8-9,14H2,1-2H3;1H. The van der Waals surface area contributed by atoms with Crippen LogP contribution in [0.15, 0.2) is 23.1 Å². The van der Waals surface area contributed by atoms with Crippen LogP contribution in [-0.2, 0) is 10.0 Å². The van der Waals surface area contributed by atoms with E-state index in [2.05, 4.69) is 0 Å². The van der Waals surface area contributed by atoms with Crippen molar-refractivity contribution in [2.75, 3.05) is 19.6 Å². The van der Waals surface area contributed by atoms with Crippen LogP contribution in [0.25, 0.3) is 0 Å². The molecule has 0 radical (unpaired) electrons. The van der Waals surface area contributed by atoms with Gasteiger partial charge < -0.3 is 5.73 Å². The molecule has 1 aliphatic rings. The van der Waals surface area contributed by atoms with Crippen molar-refractivity contribution in [3.8, 4) is 0 Å². The molecule has 0 bridgehead atoms. The number of nitro groups is 1. The average Bonchev–Trinajstić information content (AvgIpc) is 2.83. The molecule has 1 aliphatic heterocycles. The average molecular weight is 350 g/mol. The Bertz CT molecular complexity index is 680. The van der Waals surface area contributed by atoms with Crippen LogP contribution in [0.1, 0.15) is 18.9 Å². The highest BCUT2D eigenvalue weighted by Gasteiger charge is 2.39. The fourth-order valence-corrected chi connectivity index (χ4v) is 4.31. The van der Waals surface area contributed by atoms with Crippen LogP contribution >= 0.6 is 12.4 Å². The van der Waals surface area contributed by atoms with E-state index in [1.54, 1.807) is 6.92 Å². The van der Waals surface area contributed by atoms with Gasteiger partial charge >= 0.3 is 0 Å². The van der Waals surface area contributed by atoms with Gasteiger partial charge in [-0.05, 0) is 30.9 Å². The van der Waals surface area contributed by atoms with E-state index >= 15 is 0 Å². The maximum atomic E-state index is 12.7. The van der Waals surface area contributed by atoms with Gasteiger partial charge in [-0.25, -0.2) is 8.42 Å². The van der Waals surface area contributed by atoms with Gasteiger partial charge in [-0.3, -0.25) is 10.1 Å². The Morgan fingerprint density at radius 3 is 2.59 bits per heavy atom. The molecule has 2 N–H and O–H groups in total. The van der Waals surface area contributed by atoms with E-state index in [4.69, 9.17) is 5.73 Å². The first-order valence-corrected chi connectivity index (χ1v) is 8.09. The lowest BCUT2D eigenvalue weighted by Gasteiger charge is -2.22. The van der Waals surface area contributed by atoms with Crippen LogP contribution in [0.2, 0.25) is 0 Å². The number of rotatable bonds is 4. The zero-order valence-electron chi connectivity index (χ0n) is 12.5. The summed E-state index contributed by atoms with van der Waals surface area (Å²) in [7, 11) is -3.73. The monoisotopic (exact) mass is 349 g/mol. The van der Waals surface area contributed by atoms with Crippen molar-refractivity contribution in [2.45, 2.75) is 25.2 Å². The van der Waals surface area contributed by atoms with Gasteiger partial charge in [0.1, 0.15) is 0 Å². The number of hydrogen-bond acceptors (Lipinski definition) is 5. The smallest absolute Gasteiger partial charge is 0.270 e. The molecule has 1 saturated heterocycles. The molecule has 0 saturated carbocycles. The number of nitrogens with zero attached hydrogens (tertiary/aromatic N) is 2. The van der Waals surface area contributed by atoms with Crippen molar-refractivity contribution < 1.29 is 13.3 Å². The zero-order chi connectivity index (χ0) is 15.8. The Balaban J connectivity index is 0.00000242. The minimum atomic E-state index is -3.73. The van der Waals surface area contributed by atoms with E-state index < -0.39 is 14.9 Å². The molecular weight excluding hydrogens is 330 g/mol. The van der Waals surface area contributed by atoms with Crippen molar-refractivity contribution in [1.82, 2.24) is 4.31 Å². The molecule has 2 rings (SSSR count). The van der Waals surface area contributed by atoms with Crippen LogP contribution in [0.3, 0.4) is 0 Å². The number of halogens is 1. The first-order valence-electron chi connectivity index (χ1n) is 6.65. The maximum Gasteiger partial charge on any atom is 0.270 e. The third kappa shape index (κ3) is 3.40. The molecule has 1 heterocycles. The lowest BCUT2D eigenvalue weighted by molar-refractivity contribution is -0.385. The van der Waals surface area contributed by atoms with E-state index in [1.165, 1.54) is 16.4 Å². The highest BCUT2D eigenvalue weighted by molar-refractivity contribution is 7.89. The normalized spacial score (nSPS) is 22.3. The molecule has 1 atom stereocenters. The molecule has 22 heavy (non-hydrogen) atoms. The van der Waals surface area contributed by atoms with Crippen LogP contribution in [0.4, 0.5) is 5.69 Å². The van der Waals surface area contributed by atoms with E-state index in [-0.39, 0.29) is 28.4 Å². The van der Waals surface area contributed by atoms with Gasteiger partial charge in [0, 0.05) is 25.2 Å². The molecule has 0 aromatic heterocycles. The highest BCUT2D eigenvalue weighted by Crippen LogP contribution is 2.34. The number of aryl methyl sites for hydroxylation is 1. The third-order valence-corrected chi connectivity index (χ3v) is 6.00. The van der Waals surface area contributed by atoms with Crippen molar-refractivity contribution in [3.63, 3.8) is 0 Å². The largest absolute Gasteiger partial charge is 0.330 e. The fraction of sp³-hybridized carbons (Fsp3) is 0.538. The summed E-state index contributed by atoms with van der Waals surface area (Å²) in [6.45, 7) is 4.72. The molecule has 0 aliphatic carbocycles. The molecule has 1 aromatic carbocycles. The predicted octanol–water partition coefficient (Wildman–Crippen LogP) is 1.68. The van der Waals surface area contributed by atoms with Gasteiger partial charge in [0.25, 0.3) is 5.69 Å². The summed E-state index contributed by atoms with van der Waals surface area (Å²) in [5, 5.41) is 10.8. The summed E-state index contributed by atoms with van der Waals surface area (Å²) in [6.07, 6.45) is 0.691. The van der Waals surface area contributed by atoms with Crippen molar-refractivity contribution in [3.05, 3.63) is 33.9 Å². The van der Waals surface area contributed by atoms with Gasteiger partial charge in [0.05, 0.1) is 9.82 Å². The minimum absolute atomic E-state index is 0. The van der Waals surface area contributed by atoms with E-state index in [0.717, 1.165) is 6.07 Å². The number of nitrogens with two attached hydrogens (primary N) is 1. The first kappa shape index (κ1) is 18.8. The number of benzene rings is 1. The van der Waals surface area contributed by atoms with E-state index in [9.17, 15) is 18.5 Å². The lowest BCUT2D eigenvalue weighted by Crippen LogP contribution is -2.34. The summed E-state index contributed by atoms with van der Waals surface area (Å²) in [5.74, 6) is 0. The Morgan fingerprint density at radius 2 is 2.09 bits per heavy atom. The molecule has 0 amide bonds. The van der Waals surface area contributed by atoms with Crippen LogP contribution in [0, 0.1) is 22.5 Å². The summed E-state index contributed by atoms with van der Waals surface area (Å²) in [5.41, 5.74) is 5.74. The third-order valence-electron chi connectivity index (χ3n) is 4.02. The fourth-order valence-electron chi connectivity index (χ4n) is 2.47. The summed E-state index contributed by atoms with van der Waals surface area (Å²) in [6, 6.07) is 3.90. The maximum absolute atomic E-state index is 12.7. The number of sulfonamides is 1. The van der Waals surface area contributed by atoms with Gasteiger partial charge in [0.2, 0.25) is 10.0 Å². The molecule has 1 aromatic rings. The molecule has 0 spiro atoms. The van der Waals surface area contributed by atoms with Gasteiger partial charge in [-0.15, -0.1) is 12.4 Å². The Labute approximate surface area is 136 Å². The molecule has 9 heteroatoms. The number of nitro benzene ring substituents is 1. The van der Waals surface area contributed by atoms with Crippen molar-refractivity contribution in [1.29, 1.82) is 0 Å². The minimum Gasteiger partial charge on any atom is -0.330 e. The molecule has 1 unspecified atom stereocenters. The summed E-state index contributed by atoms with van der Waals surface area (Å²) in [4.78, 5) is 10.2. The van der Waals surface area contributed by atoms with Gasteiger partial charge in [-0.2, -0.15) is 4.31 Å². The van der Waals surface area contributed by atoms with Crippen molar-refractivity contribution in [2.24, 2.45) is 11.1 Å². The number of non-ortho nitro benzene ring substituents is 1. The molecular formula is C13H20ClN3O4S. The quantitative estimate of drug-likeness (QED) is 0.657. The molecule has 7 nitrogen and oxygen atoms in total. The SMILES string of the molecule is Cc1ccc([N+](=O)[O-])cc1S(=O)(=O)N1CCC(C)(CN)C1.Cl. The summed E-state index contributed by atoms with van der Waals surface area (Å²) < 4.78 is 26.8. The Hall–Kier alpha value is -1.22. The second-order valence-corrected chi connectivity index (χ2v) is 7.72. The highest BCUT2D eigenvalue weighted by atomic mass is 35.5. The Kier molecular flexibility index (Phi) is 5.56. The Morgan fingerprint density at radius 1 is 1.45 bits per heavy atom. The van der Waals surface area contributed by atoms with Crippen LogP contribution in [0.5, 0.6) is 0 Å². The van der Waals surface area contributed by atoms with E-state index in [1.807, 2.05) is 6.92 Å². The molecule has 1 fully saturated rings. The van der Waals surface area contributed by atoms with Gasteiger partial charge in [-0.1, -0.05) is 13.0 Å². The molecule has 124 valence electrons. The summed E-state index contributed by atoms with van der Waals surface area (Å²) >= 11 is 0. The first-order chi connectivity index (χ1) is 9.69. The number of hydrogen-bond donors (Lipinski definition) is 1. The predicted molar refractivity (Wildman–Crippen MR) is 85.6 cm³/mol. The van der Waals surface area contributed by atoms with Crippen LogP contribution in [-0.4, -0.2) is 37.3 Å². The van der Waals surface area contributed by atoms with Gasteiger partial charge in [0.15, 0.2) is 0 Å². The second-order valence-electron chi connectivity index (χ2n) is 5.81. The second kappa shape index (κ2) is 6.49. The topological polar surface area (TPSA) is 107 Å². The van der Waals surface area contributed by atoms with E-state index in [0.29, 0.717) is 31.6 Å². The van der Waals surface area contributed by atoms with Crippen molar-refractivity contribution >= 4 is 28.1 Å². The van der Waals surface area contributed by atoms with Crippen LogP contribution < -0.4 is 5.73 Å². The zero-order valence-corrected chi connectivity index (χ0v) is 14.1. The lowest BCUT2D eigenvalue weighted by atomic mass is 9.90.